The van der Waals surface area contributed by atoms with Crippen molar-refractivity contribution in [2.45, 2.75) is 38.8 Å². The second-order valence-corrected chi connectivity index (χ2v) is 5.88. The van der Waals surface area contributed by atoms with E-state index in [4.69, 9.17) is 5.73 Å². The Balaban J connectivity index is 1.74. The molecule has 2 fully saturated rings. The molecule has 0 saturated carbocycles. The van der Waals surface area contributed by atoms with E-state index < -0.39 is 0 Å². The zero-order valence-electron chi connectivity index (χ0n) is 12.2. The van der Waals surface area contributed by atoms with Gasteiger partial charge >= 0.3 is 0 Å². The van der Waals surface area contributed by atoms with Crippen molar-refractivity contribution >= 4 is 11.6 Å². The SMILES string of the molecule is CCn1cc(N)cc1C(=O)N1CCN2CCCCC2C1. The minimum absolute atomic E-state index is 0.133. The van der Waals surface area contributed by atoms with Gasteiger partial charge in [0.2, 0.25) is 0 Å². The average Bonchev–Trinajstić information content (AvgIpc) is 2.87. The number of aromatic nitrogens is 1. The Labute approximate surface area is 120 Å². The molecule has 1 amide bonds. The fraction of sp³-hybridized carbons (Fsp3) is 0.667. The van der Waals surface area contributed by atoms with Crippen LogP contribution in [0.3, 0.4) is 0 Å². The van der Waals surface area contributed by atoms with E-state index in [1.807, 2.05) is 22.6 Å². The standard InChI is InChI=1S/C15H24N4O/c1-2-17-10-12(16)9-14(17)15(20)19-8-7-18-6-4-3-5-13(18)11-19/h9-10,13H,2-8,11,16H2,1H3. The van der Waals surface area contributed by atoms with Crippen LogP contribution in [0.5, 0.6) is 0 Å². The molecule has 5 heteroatoms. The molecule has 1 unspecified atom stereocenters. The number of amides is 1. The predicted molar refractivity (Wildman–Crippen MR) is 79.6 cm³/mol. The average molecular weight is 276 g/mol. The highest BCUT2D eigenvalue weighted by Gasteiger charge is 2.32. The highest BCUT2D eigenvalue weighted by molar-refractivity contribution is 5.94. The number of hydrogen-bond acceptors (Lipinski definition) is 3. The first kappa shape index (κ1) is 13.5. The van der Waals surface area contributed by atoms with Crippen molar-refractivity contribution < 1.29 is 4.79 Å². The van der Waals surface area contributed by atoms with Crippen molar-refractivity contribution in [3.05, 3.63) is 18.0 Å². The Kier molecular flexibility index (Phi) is 3.70. The molecule has 1 atom stereocenters. The van der Waals surface area contributed by atoms with Gasteiger partial charge in [0, 0.05) is 38.4 Å². The number of carbonyl (C=O) groups excluding carboxylic acids is 1. The molecule has 2 saturated heterocycles. The van der Waals surface area contributed by atoms with Gasteiger partial charge in [0.05, 0.1) is 5.69 Å². The molecular formula is C15H24N4O. The lowest BCUT2D eigenvalue weighted by Gasteiger charge is -2.44. The van der Waals surface area contributed by atoms with Crippen LogP contribution in [0.15, 0.2) is 12.3 Å². The van der Waals surface area contributed by atoms with E-state index in [0.717, 1.165) is 31.9 Å². The van der Waals surface area contributed by atoms with Crippen LogP contribution in [0.1, 0.15) is 36.7 Å². The quantitative estimate of drug-likeness (QED) is 0.888. The molecule has 0 radical (unpaired) electrons. The molecule has 0 spiro atoms. The normalized spacial score (nSPS) is 23.6. The van der Waals surface area contributed by atoms with Gasteiger partial charge in [-0.3, -0.25) is 9.69 Å². The summed E-state index contributed by atoms with van der Waals surface area (Å²) in [7, 11) is 0. The number of rotatable bonds is 2. The first-order chi connectivity index (χ1) is 9.69. The maximum atomic E-state index is 12.7. The van der Waals surface area contributed by atoms with E-state index in [-0.39, 0.29) is 5.91 Å². The molecule has 20 heavy (non-hydrogen) atoms. The van der Waals surface area contributed by atoms with Gasteiger partial charge in [-0.25, -0.2) is 0 Å². The van der Waals surface area contributed by atoms with Crippen molar-refractivity contribution in [1.29, 1.82) is 0 Å². The molecule has 3 heterocycles. The first-order valence-corrected chi connectivity index (χ1v) is 7.68. The van der Waals surface area contributed by atoms with Crippen molar-refractivity contribution in [2.75, 3.05) is 31.9 Å². The summed E-state index contributed by atoms with van der Waals surface area (Å²) in [5.41, 5.74) is 7.23. The van der Waals surface area contributed by atoms with Crippen LogP contribution in [-0.2, 0) is 6.54 Å². The third kappa shape index (κ3) is 2.42. The highest BCUT2D eigenvalue weighted by Crippen LogP contribution is 2.22. The van der Waals surface area contributed by atoms with Crippen LogP contribution >= 0.6 is 0 Å². The number of fused-ring (bicyclic) bond motifs is 1. The Bertz CT molecular complexity index is 496. The van der Waals surface area contributed by atoms with Crippen LogP contribution in [0.4, 0.5) is 5.69 Å². The summed E-state index contributed by atoms with van der Waals surface area (Å²) in [4.78, 5) is 17.2. The number of hydrogen-bond donors (Lipinski definition) is 1. The Morgan fingerprint density at radius 2 is 2.20 bits per heavy atom. The number of nitrogens with zero attached hydrogens (tertiary/aromatic N) is 3. The molecular weight excluding hydrogens is 252 g/mol. The van der Waals surface area contributed by atoms with Gasteiger partial charge in [0.1, 0.15) is 5.69 Å². The number of aryl methyl sites for hydroxylation is 1. The maximum absolute atomic E-state index is 12.7. The number of nitrogens with two attached hydrogens (primary N) is 1. The summed E-state index contributed by atoms with van der Waals surface area (Å²) in [6, 6.07) is 2.36. The largest absolute Gasteiger partial charge is 0.397 e. The van der Waals surface area contributed by atoms with Crippen LogP contribution in [-0.4, -0.2) is 52.5 Å². The molecule has 5 nitrogen and oxygen atoms in total. The van der Waals surface area contributed by atoms with E-state index in [9.17, 15) is 4.79 Å². The lowest BCUT2D eigenvalue weighted by atomic mass is 9.99. The van der Waals surface area contributed by atoms with E-state index in [1.54, 1.807) is 6.07 Å². The van der Waals surface area contributed by atoms with Crippen molar-refractivity contribution in [3.63, 3.8) is 0 Å². The molecule has 2 aliphatic rings. The number of piperazine rings is 1. The number of piperidine rings is 1. The van der Waals surface area contributed by atoms with Crippen LogP contribution in [0.25, 0.3) is 0 Å². The Morgan fingerprint density at radius 1 is 1.35 bits per heavy atom. The van der Waals surface area contributed by atoms with Crippen molar-refractivity contribution in [1.82, 2.24) is 14.4 Å². The number of carbonyl (C=O) groups is 1. The summed E-state index contributed by atoms with van der Waals surface area (Å²) < 4.78 is 1.95. The number of nitrogen functional groups attached to an aromatic ring is 1. The second-order valence-electron chi connectivity index (χ2n) is 5.88. The fourth-order valence-corrected chi connectivity index (χ4v) is 3.48. The van der Waals surface area contributed by atoms with Gasteiger partial charge in [0.15, 0.2) is 0 Å². The highest BCUT2D eigenvalue weighted by atomic mass is 16.2. The second kappa shape index (κ2) is 5.48. The summed E-state index contributed by atoms with van der Waals surface area (Å²) in [6.45, 7) is 6.73. The maximum Gasteiger partial charge on any atom is 0.270 e. The first-order valence-electron chi connectivity index (χ1n) is 7.68. The monoisotopic (exact) mass is 276 g/mol. The van der Waals surface area contributed by atoms with Crippen molar-refractivity contribution in [2.24, 2.45) is 0 Å². The van der Waals surface area contributed by atoms with Gasteiger partial charge in [-0.1, -0.05) is 6.42 Å². The van der Waals surface area contributed by atoms with E-state index in [0.29, 0.717) is 11.7 Å². The smallest absolute Gasteiger partial charge is 0.270 e. The molecule has 3 rings (SSSR count). The molecule has 0 aliphatic carbocycles. The summed E-state index contributed by atoms with van der Waals surface area (Å²) in [6.07, 6.45) is 5.67. The topological polar surface area (TPSA) is 54.5 Å². The van der Waals surface area contributed by atoms with Crippen LogP contribution < -0.4 is 5.73 Å². The van der Waals surface area contributed by atoms with Gasteiger partial charge in [0.25, 0.3) is 5.91 Å². The zero-order chi connectivity index (χ0) is 14.1. The van der Waals surface area contributed by atoms with Gasteiger partial charge < -0.3 is 15.2 Å². The molecule has 110 valence electrons. The molecule has 0 bridgehead atoms. The molecule has 1 aromatic heterocycles. The summed E-state index contributed by atoms with van der Waals surface area (Å²) in [5, 5.41) is 0. The summed E-state index contributed by atoms with van der Waals surface area (Å²) >= 11 is 0. The van der Waals surface area contributed by atoms with Gasteiger partial charge in [-0.05, 0) is 32.4 Å². The van der Waals surface area contributed by atoms with E-state index >= 15 is 0 Å². The zero-order valence-corrected chi connectivity index (χ0v) is 12.2. The van der Waals surface area contributed by atoms with Crippen LogP contribution in [0.2, 0.25) is 0 Å². The molecule has 0 aromatic carbocycles. The van der Waals surface area contributed by atoms with Crippen LogP contribution in [0, 0.1) is 0 Å². The Morgan fingerprint density at radius 3 is 3.00 bits per heavy atom. The lowest BCUT2D eigenvalue weighted by Crippen LogP contribution is -2.56. The van der Waals surface area contributed by atoms with Gasteiger partial charge in [-0.2, -0.15) is 0 Å². The minimum atomic E-state index is 0.133. The van der Waals surface area contributed by atoms with E-state index in [1.165, 1.54) is 25.8 Å². The van der Waals surface area contributed by atoms with Crippen molar-refractivity contribution in [3.8, 4) is 0 Å². The third-order valence-electron chi connectivity index (χ3n) is 4.60. The third-order valence-corrected chi connectivity index (χ3v) is 4.60. The molecule has 2 N–H and O–H groups in total. The summed E-state index contributed by atoms with van der Waals surface area (Å²) in [5.74, 6) is 0.133. The van der Waals surface area contributed by atoms with Gasteiger partial charge in [-0.15, -0.1) is 0 Å². The fourth-order valence-electron chi connectivity index (χ4n) is 3.48. The minimum Gasteiger partial charge on any atom is -0.397 e. The molecule has 2 aliphatic heterocycles. The Hall–Kier alpha value is -1.49. The van der Waals surface area contributed by atoms with E-state index in [2.05, 4.69) is 4.90 Å². The predicted octanol–water partition coefficient (Wildman–Crippen LogP) is 1.40. The number of anilines is 1. The lowest BCUT2D eigenvalue weighted by molar-refractivity contribution is 0.0365. The molecule has 1 aromatic rings.